The van der Waals surface area contributed by atoms with E-state index >= 15 is 0 Å². The highest BCUT2D eigenvalue weighted by atomic mass is 31.2. The van der Waals surface area contributed by atoms with Crippen molar-refractivity contribution in [2.75, 3.05) is 0 Å². The van der Waals surface area contributed by atoms with E-state index in [1.165, 1.54) is 12.1 Å². The molecule has 0 bridgehead atoms. The summed E-state index contributed by atoms with van der Waals surface area (Å²) in [4.78, 5) is 38.1. The molecule has 4 nitrogen and oxygen atoms in total. The van der Waals surface area contributed by atoms with Gasteiger partial charge in [0.25, 0.3) is 0 Å². The number of hydrogen-bond donors (Lipinski definition) is 3. The van der Waals surface area contributed by atoms with Gasteiger partial charge in [0, 0.05) is 0 Å². The minimum atomic E-state index is -4.45. The number of benzene rings is 2. The maximum Gasteiger partial charge on any atom is 0.483 e. The van der Waals surface area contributed by atoms with Crippen molar-refractivity contribution in [1.29, 1.82) is 0 Å². The maximum atomic E-state index is 11.4. The van der Waals surface area contributed by atoms with Crippen LogP contribution in [0.3, 0.4) is 0 Å². The van der Waals surface area contributed by atoms with Gasteiger partial charge in [0.1, 0.15) is 0 Å². The van der Waals surface area contributed by atoms with E-state index in [0.29, 0.717) is 0 Å². The molecular formula is C13H12O4P+. The molecule has 0 aliphatic rings. The lowest BCUT2D eigenvalue weighted by molar-refractivity contribution is 0.102. The Morgan fingerprint density at radius 3 is 1.78 bits per heavy atom. The topological polar surface area (TPSA) is 77.8 Å². The second-order valence-corrected chi connectivity index (χ2v) is 5.36. The Hall–Kier alpha value is -1.58. The molecule has 0 aliphatic carbocycles. The lowest BCUT2D eigenvalue weighted by atomic mass is 10.0. The van der Waals surface area contributed by atoms with Crippen LogP contribution in [0.5, 0.6) is 0 Å². The van der Waals surface area contributed by atoms with Gasteiger partial charge in [-0.2, -0.15) is 14.7 Å². The Kier molecular flexibility index (Phi) is 3.55. The van der Waals surface area contributed by atoms with Gasteiger partial charge >= 0.3 is 13.5 Å². The van der Waals surface area contributed by atoms with E-state index in [-0.39, 0.29) is 5.56 Å². The van der Waals surface area contributed by atoms with Gasteiger partial charge in [0.2, 0.25) is 0 Å². The van der Waals surface area contributed by atoms with E-state index in [2.05, 4.69) is 0 Å². The van der Waals surface area contributed by atoms with Gasteiger partial charge in [-0.1, -0.05) is 42.5 Å². The molecule has 2 rings (SSSR count). The number of hydrogen-bond acceptors (Lipinski definition) is 4. The van der Waals surface area contributed by atoms with E-state index < -0.39 is 13.5 Å². The highest BCUT2D eigenvalue weighted by Crippen LogP contribution is 2.47. The molecule has 0 fully saturated rings. The molecule has 5 heteroatoms. The van der Waals surface area contributed by atoms with Crippen molar-refractivity contribution in [1.82, 2.24) is 0 Å². The number of rotatable bonds is 3. The van der Waals surface area contributed by atoms with E-state index in [1.54, 1.807) is 12.1 Å². The number of carbonyl (C=O) groups excluding carboxylic acids is 1. The highest BCUT2D eigenvalue weighted by molar-refractivity contribution is 7.76. The predicted molar refractivity (Wildman–Crippen MR) is 69.8 cm³/mol. The Morgan fingerprint density at radius 2 is 1.28 bits per heavy atom. The van der Waals surface area contributed by atoms with Crippen LogP contribution in [0.25, 0.3) is 11.1 Å². The van der Waals surface area contributed by atoms with Crippen molar-refractivity contribution >= 4 is 13.5 Å². The second-order valence-electron chi connectivity index (χ2n) is 3.82. The molecule has 0 spiro atoms. The molecule has 0 amide bonds. The third-order valence-corrected chi connectivity index (χ3v) is 3.31. The SMILES string of the molecule is O=C(c1ccc(-c2ccccc2)cc1)[P+](O)(O)O. The molecule has 0 aromatic heterocycles. The highest BCUT2D eigenvalue weighted by Gasteiger charge is 2.43. The zero-order valence-electron chi connectivity index (χ0n) is 9.39. The molecule has 0 unspecified atom stereocenters. The van der Waals surface area contributed by atoms with Crippen molar-refractivity contribution in [3.8, 4) is 11.1 Å². The molecule has 0 radical (unpaired) electrons. The molecule has 0 aliphatic heterocycles. The van der Waals surface area contributed by atoms with Crippen LogP contribution in [0.4, 0.5) is 0 Å². The molecular weight excluding hydrogens is 251 g/mol. The van der Waals surface area contributed by atoms with Crippen LogP contribution >= 0.6 is 7.94 Å². The average molecular weight is 263 g/mol. The molecule has 0 saturated carbocycles. The monoisotopic (exact) mass is 263 g/mol. The fraction of sp³-hybridized carbons (Fsp3) is 0. The second kappa shape index (κ2) is 4.96. The quantitative estimate of drug-likeness (QED) is 0.742. The zero-order chi connectivity index (χ0) is 13.2. The Morgan fingerprint density at radius 1 is 0.778 bits per heavy atom. The van der Waals surface area contributed by atoms with Gasteiger partial charge < -0.3 is 0 Å². The summed E-state index contributed by atoms with van der Waals surface area (Å²) in [6.07, 6.45) is 0. The third kappa shape index (κ3) is 2.81. The minimum Gasteiger partial charge on any atom is -0.238 e. The molecule has 2 aromatic carbocycles. The van der Waals surface area contributed by atoms with Crippen LogP contribution in [0, 0.1) is 0 Å². The van der Waals surface area contributed by atoms with Gasteiger partial charge in [-0.15, -0.1) is 0 Å². The Labute approximate surface area is 105 Å². The fourth-order valence-electron chi connectivity index (χ4n) is 1.61. The van der Waals surface area contributed by atoms with Crippen LogP contribution in [-0.2, 0) is 0 Å². The van der Waals surface area contributed by atoms with Crippen LogP contribution < -0.4 is 0 Å². The molecule has 2 aromatic rings. The van der Waals surface area contributed by atoms with Crippen LogP contribution in [-0.4, -0.2) is 20.2 Å². The Bertz CT molecular complexity index is 543. The third-order valence-electron chi connectivity index (χ3n) is 2.51. The first-order valence-corrected chi connectivity index (χ1v) is 6.91. The van der Waals surface area contributed by atoms with Crippen LogP contribution in [0.15, 0.2) is 54.6 Å². The van der Waals surface area contributed by atoms with Gasteiger partial charge in [-0.25, -0.2) is 4.79 Å². The van der Waals surface area contributed by atoms with Gasteiger partial charge in [-0.3, -0.25) is 0 Å². The maximum absolute atomic E-state index is 11.4. The molecule has 18 heavy (non-hydrogen) atoms. The first-order valence-electron chi connectivity index (χ1n) is 5.26. The van der Waals surface area contributed by atoms with Crippen molar-refractivity contribution < 1.29 is 19.5 Å². The van der Waals surface area contributed by atoms with Crippen molar-refractivity contribution in [3.63, 3.8) is 0 Å². The van der Waals surface area contributed by atoms with E-state index in [4.69, 9.17) is 14.7 Å². The molecule has 3 N–H and O–H groups in total. The largest absolute Gasteiger partial charge is 0.483 e. The first-order chi connectivity index (χ1) is 8.48. The van der Waals surface area contributed by atoms with Crippen LogP contribution in [0.2, 0.25) is 0 Å². The number of carbonyl (C=O) groups is 1. The molecule has 0 heterocycles. The van der Waals surface area contributed by atoms with Crippen molar-refractivity contribution in [3.05, 3.63) is 60.2 Å². The minimum absolute atomic E-state index is 0.0792. The summed E-state index contributed by atoms with van der Waals surface area (Å²) in [7, 11) is -4.45. The summed E-state index contributed by atoms with van der Waals surface area (Å²) in [5.41, 5.74) is 0.942. The Balaban J connectivity index is 2.29. The summed E-state index contributed by atoms with van der Waals surface area (Å²) < 4.78 is 0. The van der Waals surface area contributed by atoms with E-state index in [1.807, 2.05) is 30.3 Å². The van der Waals surface area contributed by atoms with Gasteiger partial charge in [-0.05, 0) is 23.3 Å². The molecule has 92 valence electrons. The van der Waals surface area contributed by atoms with E-state index in [9.17, 15) is 4.79 Å². The smallest absolute Gasteiger partial charge is 0.238 e. The summed E-state index contributed by atoms with van der Waals surface area (Å²) in [6.45, 7) is 0. The van der Waals surface area contributed by atoms with Crippen molar-refractivity contribution in [2.45, 2.75) is 0 Å². The molecule has 0 atom stereocenters. The summed E-state index contributed by atoms with van der Waals surface area (Å²) >= 11 is 0. The van der Waals surface area contributed by atoms with Crippen LogP contribution in [0.1, 0.15) is 10.4 Å². The normalized spacial score (nSPS) is 11.3. The zero-order valence-corrected chi connectivity index (χ0v) is 10.3. The van der Waals surface area contributed by atoms with Crippen molar-refractivity contribution in [2.24, 2.45) is 0 Å². The lowest BCUT2D eigenvalue weighted by Crippen LogP contribution is -2.05. The van der Waals surface area contributed by atoms with Gasteiger partial charge in [0.15, 0.2) is 0 Å². The average Bonchev–Trinajstić information content (AvgIpc) is 2.38. The lowest BCUT2D eigenvalue weighted by Gasteiger charge is -2.04. The fourth-order valence-corrected chi connectivity index (χ4v) is 2.10. The summed E-state index contributed by atoms with van der Waals surface area (Å²) in [5.74, 6) is 0. The standard InChI is InChI=1S/C13H12O4P/c14-13(18(15,16)17)12-8-6-11(7-9-12)10-4-2-1-3-5-10/h1-9,15-17H/q+1. The van der Waals surface area contributed by atoms with Gasteiger partial charge in [0.05, 0.1) is 5.56 Å². The summed E-state index contributed by atoms with van der Waals surface area (Å²) in [6, 6.07) is 15.9. The van der Waals surface area contributed by atoms with E-state index in [0.717, 1.165) is 11.1 Å². The molecule has 0 saturated heterocycles. The summed E-state index contributed by atoms with van der Waals surface area (Å²) in [5, 5.41) is 0. The first kappa shape index (κ1) is 12.9. The predicted octanol–water partition coefficient (Wildman–Crippen LogP) is 2.23.